The summed E-state index contributed by atoms with van der Waals surface area (Å²) in [5.41, 5.74) is 6.24. The molecule has 1 heterocycles. The molecule has 7 nitrogen and oxygen atoms in total. The Bertz CT molecular complexity index is 749. The molecular weight excluding hydrogens is 364 g/mol. The van der Waals surface area contributed by atoms with E-state index in [9.17, 15) is 9.59 Å². The van der Waals surface area contributed by atoms with Crippen molar-refractivity contribution in [1.29, 1.82) is 0 Å². The van der Waals surface area contributed by atoms with Gasteiger partial charge in [0.05, 0.1) is 25.6 Å². The van der Waals surface area contributed by atoms with Crippen LogP contribution in [0.25, 0.3) is 0 Å². The molecule has 0 bridgehead atoms. The highest BCUT2D eigenvalue weighted by molar-refractivity contribution is 7.10. The van der Waals surface area contributed by atoms with E-state index in [0.717, 1.165) is 16.2 Å². The number of carbonyl (C=O) groups excluding carboxylic acids is 2. The summed E-state index contributed by atoms with van der Waals surface area (Å²) in [6, 6.07) is 10.3. The zero-order chi connectivity index (χ0) is 19.8. The van der Waals surface area contributed by atoms with Crippen molar-refractivity contribution < 1.29 is 14.3 Å². The monoisotopic (exact) mass is 390 g/mol. The summed E-state index contributed by atoms with van der Waals surface area (Å²) in [5, 5.41) is 7.48. The van der Waals surface area contributed by atoms with E-state index in [0.29, 0.717) is 6.54 Å². The number of thiophene rings is 1. The maximum Gasteiger partial charge on any atom is 0.312 e. The largest absolute Gasteiger partial charge is 0.496 e. The number of methoxy groups -OCH3 is 1. The van der Waals surface area contributed by atoms with Crippen molar-refractivity contribution in [1.82, 2.24) is 15.5 Å². The molecule has 0 spiro atoms. The Labute approximate surface area is 163 Å². The van der Waals surface area contributed by atoms with Crippen LogP contribution in [-0.4, -0.2) is 44.6 Å². The molecule has 2 rings (SSSR count). The number of benzene rings is 1. The zero-order valence-electron chi connectivity index (χ0n) is 15.8. The fraction of sp³-hybridized carbons (Fsp3) is 0.368. The number of hydrogen-bond donors (Lipinski definition) is 3. The van der Waals surface area contributed by atoms with Crippen LogP contribution in [0.3, 0.4) is 0 Å². The molecule has 146 valence electrons. The molecule has 2 unspecified atom stereocenters. The van der Waals surface area contributed by atoms with Gasteiger partial charge in [0.2, 0.25) is 5.91 Å². The van der Waals surface area contributed by atoms with E-state index in [1.54, 1.807) is 7.11 Å². The number of amides is 3. The van der Waals surface area contributed by atoms with Gasteiger partial charge in [-0.15, -0.1) is 11.3 Å². The number of carbonyl (C=O) groups is 2. The third kappa shape index (κ3) is 5.97. The Kier molecular flexibility index (Phi) is 7.63. The average Bonchev–Trinajstić information content (AvgIpc) is 3.15. The summed E-state index contributed by atoms with van der Waals surface area (Å²) in [5.74, 6) is 0.612. The van der Waals surface area contributed by atoms with Crippen molar-refractivity contribution >= 4 is 23.3 Å². The maximum absolute atomic E-state index is 12.5. The van der Waals surface area contributed by atoms with Crippen molar-refractivity contribution in [3.05, 3.63) is 52.2 Å². The van der Waals surface area contributed by atoms with E-state index < -0.39 is 12.1 Å². The Morgan fingerprint density at radius 3 is 2.56 bits per heavy atom. The minimum absolute atomic E-state index is 0.0469. The van der Waals surface area contributed by atoms with Crippen molar-refractivity contribution in [2.75, 3.05) is 27.7 Å². The van der Waals surface area contributed by atoms with Crippen LogP contribution in [0, 0.1) is 0 Å². The molecule has 0 aliphatic heterocycles. The molecule has 27 heavy (non-hydrogen) atoms. The van der Waals surface area contributed by atoms with Crippen LogP contribution >= 0.6 is 11.3 Å². The topological polar surface area (TPSA) is 96.7 Å². The lowest BCUT2D eigenvalue weighted by molar-refractivity contribution is -0.121. The smallest absolute Gasteiger partial charge is 0.312 e. The Balaban J connectivity index is 2.03. The first-order chi connectivity index (χ1) is 12.9. The Hall–Kier alpha value is -2.58. The Morgan fingerprint density at radius 1 is 1.22 bits per heavy atom. The average molecular weight is 391 g/mol. The van der Waals surface area contributed by atoms with Crippen LogP contribution in [0.4, 0.5) is 4.79 Å². The fourth-order valence-electron chi connectivity index (χ4n) is 2.86. The Morgan fingerprint density at radius 2 is 1.96 bits per heavy atom. The van der Waals surface area contributed by atoms with Gasteiger partial charge in [-0.25, -0.2) is 4.79 Å². The molecule has 0 fully saturated rings. The van der Waals surface area contributed by atoms with Gasteiger partial charge in [0.1, 0.15) is 5.75 Å². The van der Waals surface area contributed by atoms with Crippen LogP contribution in [0.2, 0.25) is 0 Å². The first-order valence-corrected chi connectivity index (χ1v) is 9.45. The predicted molar refractivity (Wildman–Crippen MR) is 107 cm³/mol. The van der Waals surface area contributed by atoms with Gasteiger partial charge >= 0.3 is 6.03 Å². The lowest BCUT2D eigenvalue weighted by Crippen LogP contribution is -2.38. The summed E-state index contributed by atoms with van der Waals surface area (Å²) in [4.78, 5) is 26.7. The number of nitrogens with zero attached hydrogens (tertiary/aromatic N) is 1. The zero-order valence-corrected chi connectivity index (χ0v) is 16.6. The molecule has 0 saturated heterocycles. The van der Waals surface area contributed by atoms with E-state index in [1.807, 2.05) is 60.8 Å². The normalized spacial score (nSPS) is 13.0. The number of primary amides is 1. The maximum atomic E-state index is 12.5. The highest BCUT2D eigenvalue weighted by atomic mass is 32.1. The van der Waals surface area contributed by atoms with E-state index in [4.69, 9.17) is 10.5 Å². The molecule has 3 amide bonds. The van der Waals surface area contributed by atoms with E-state index in [1.165, 1.54) is 11.3 Å². The summed E-state index contributed by atoms with van der Waals surface area (Å²) in [6.07, 6.45) is 0.121. The van der Waals surface area contributed by atoms with Gasteiger partial charge in [0.15, 0.2) is 0 Å². The third-order valence-corrected chi connectivity index (χ3v) is 5.19. The molecule has 2 atom stereocenters. The van der Waals surface area contributed by atoms with Gasteiger partial charge in [-0.2, -0.15) is 0 Å². The summed E-state index contributed by atoms with van der Waals surface area (Å²) < 4.78 is 5.44. The van der Waals surface area contributed by atoms with Crippen LogP contribution in [0.5, 0.6) is 5.75 Å². The molecule has 0 aliphatic rings. The minimum Gasteiger partial charge on any atom is -0.496 e. The number of urea groups is 1. The lowest BCUT2D eigenvalue weighted by Gasteiger charge is -2.27. The standard InChI is InChI=1S/C19H26N4O3S/c1-23(2)15(13-7-4-5-8-16(13)26-3)12-21-18(24)11-14(22-19(20)25)17-9-6-10-27-17/h4-10,14-15H,11-12H2,1-3H3,(H,21,24)(H3,20,22,25). The molecule has 0 saturated carbocycles. The highest BCUT2D eigenvalue weighted by Crippen LogP contribution is 2.27. The van der Waals surface area contributed by atoms with E-state index in [2.05, 4.69) is 10.6 Å². The number of ether oxygens (including phenoxy) is 1. The van der Waals surface area contributed by atoms with Crippen LogP contribution in [0.1, 0.15) is 28.9 Å². The number of rotatable bonds is 9. The predicted octanol–water partition coefficient (Wildman–Crippen LogP) is 2.28. The molecule has 0 aliphatic carbocycles. The second-order valence-corrected chi connectivity index (χ2v) is 7.29. The summed E-state index contributed by atoms with van der Waals surface area (Å²) in [7, 11) is 5.53. The summed E-state index contributed by atoms with van der Waals surface area (Å²) in [6.45, 7) is 0.417. The van der Waals surface area contributed by atoms with Gasteiger partial charge in [-0.3, -0.25) is 4.79 Å². The molecule has 1 aromatic heterocycles. The highest BCUT2D eigenvalue weighted by Gasteiger charge is 2.22. The minimum atomic E-state index is -0.651. The third-order valence-electron chi connectivity index (χ3n) is 4.21. The number of para-hydroxylation sites is 1. The summed E-state index contributed by atoms with van der Waals surface area (Å²) >= 11 is 1.47. The molecule has 2 aromatic rings. The molecule has 1 aromatic carbocycles. The number of nitrogens with two attached hydrogens (primary N) is 1. The van der Waals surface area contributed by atoms with Crippen molar-refractivity contribution in [3.63, 3.8) is 0 Å². The van der Waals surface area contributed by atoms with Gasteiger partial charge in [-0.05, 0) is 31.6 Å². The molecule has 0 radical (unpaired) electrons. The fourth-order valence-corrected chi connectivity index (χ4v) is 3.64. The van der Waals surface area contributed by atoms with Crippen LogP contribution in [0.15, 0.2) is 41.8 Å². The lowest BCUT2D eigenvalue weighted by atomic mass is 10.0. The van der Waals surface area contributed by atoms with Crippen LogP contribution < -0.4 is 21.1 Å². The SMILES string of the molecule is COc1ccccc1C(CNC(=O)CC(NC(N)=O)c1cccs1)N(C)C. The van der Waals surface area contributed by atoms with Crippen LogP contribution in [-0.2, 0) is 4.79 Å². The molecule has 8 heteroatoms. The molecular formula is C19H26N4O3S. The number of likely N-dealkylation sites (N-methyl/N-ethyl adjacent to an activating group) is 1. The van der Waals surface area contributed by atoms with Gasteiger partial charge < -0.3 is 26.0 Å². The van der Waals surface area contributed by atoms with Gasteiger partial charge in [-0.1, -0.05) is 24.3 Å². The number of nitrogens with one attached hydrogen (secondary N) is 2. The second-order valence-electron chi connectivity index (χ2n) is 6.31. The second kappa shape index (κ2) is 9.94. The van der Waals surface area contributed by atoms with Gasteiger partial charge in [0, 0.05) is 17.0 Å². The first kappa shape index (κ1) is 20.7. The number of hydrogen-bond acceptors (Lipinski definition) is 5. The van der Waals surface area contributed by atoms with Gasteiger partial charge in [0.25, 0.3) is 0 Å². The first-order valence-electron chi connectivity index (χ1n) is 8.57. The van der Waals surface area contributed by atoms with E-state index in [-0.39, 0.29) is 18.4 Å². The molecule has 4 N–H and O–H groups in total. The van der Waals surface area contributed by atoms with Crippen molar-refractivity contribution in [2.45, 2.75) is 18.5 Å². The van der Waals surface area contributed by atoms with Crippen molar-refractivity contribution in [2.24, 2.45) is 5.73 Å². The quantitative estimate of drug-likeness (QED) is 0.612. The van der Waals surface area contributed by atoms with E-state index >= 15 is 0 Å². The van der Waals surface area contributed by atoms with Crippen molar-refractivity contribution in [3.8, 4) is 5.75 Å².